The van der Waals surface area contributed by atoms with Crippen LogP contribution < -0.4 is 42.6 Å². The maximum atomic E-state index is 11.0. The number of nitrogens with zero attached hydrogens (tertiary/aromatic N) is 3. The Morgan fingerprint density at radius 1 is 0.466 bits per heavy atom. The molecule has 0 aliphatic heterocycles. The fourth-order valence-corrected chi connectivity index (χ4v) is 6.11. The van der Waals surface area contributed by atoms with Crippen molar-refractivity contribution in [3.8, 4) is 69.0 Å². The maximum Gasteiger partial charge on any atom is 0.204 e. The minimum absolute atomic E-state index is 0.0392. The number of phenolic OH excluding ortho intramolecular Hbond substituents is 3. The van der Waals surface area contributed by atoms with Crippen molar-refractivity contribution in [2.45, 2.75) is 6.61 Å². The molecule has 312 valence electrons. The van der Waals surface area contributed by atoms with Crippen LogP contribution in [0.25, 0.3) is 0 Å². The quantitative estimate of drug-likeness (QED) is 0.0817. The summed E-state index contributed by atoms with van der Waals surface area (Å²) in [7, 11) is 13.0. The third-order valence-corrected chi connectivity index (χ3v) is 9.00. The average molecular weight is 806 g/mol. The second-order valence-corrected chi connectivity index (χ2v) is 12.6. The third kappa shape index (κ3) is 10.1. The number of rotatable bonds is 22. The molecule has 58 heavy (non-hydrogen) atoms. The molecule has 4 aromatic carbocycles. The predicted molar refractivity (Wildman–Crippen MR) is 219 cm³/mol. The van der Waals surface area contributed by atoms with E-state index in [0.717, 1.165) is 5.56 Å². The first kappa shape index (κ1) is 44.2. The molecule has 16 nitrogen and oxygen atoms in total. The van der Waals surface area contributed by atoms with Gasteiger partial charge in [-0.15, -0.1) is 0 Å². The molecule has 0 radical (unpaired) electrons. The van der Waals surface area contributed by atoms with Crippen LogP contribution in [0, 0.1) is 5.41 Å². The Bertz CT molecular complexity index is 1870. The van der Waals surface area contributed by atoms with Gasteiger partial charge in [0.1, 0.15) is 17.2 Å². The molecule has 0 unspecified atom stereocenters. The van der Waals surface area contributed by atoms with Crippen molar-refractivity contribution in [3.63, 3.8) is 0 Å². The Morgan fingerprint density at radius 3 is 1.09 bits per heavy atom. The van der Waals surface area contributed by atoms with Crippen LogP contribution in [-0.4, -0.2) is 124 Å². The molecule has 0 aliphatic rings. The van der Waals surface area contributed by atoms with Crippen molar-refractivity contribution in [3.05, 3.63) is 70.8 Å². The second kappa shape index (κ2) is 21.1. The fourth-order valence-electron chi connectivity index (χ4n) is 6.11. The van der Waals surface area contributed by atoms with Gasteiger partial charge in [0.25, 0.3) is 0 Å². The van der Waals surface area contributed by atoms with Crippen LogP contribution in [0.1, 0.15) is 22.3 Å². The highest BCUT2D eigenvalue weighted by atomic mass is 16.5. The van der Waals surface area contributed by atoms with Crippen LogP contribution in [0.4, 0.5) is 0 Å². The summed E-state index contributed by atoms with van der Waals surface area (Å²) >= 11 is 0. The third-order valence-electron chi connectivity index (χ3n) is 9.00. The van der Waals surface area contributed by atoms with Crippen LogP contribution >= 0.6 is 0 Å². The lowest BCUT2D eigenvalue weighted by Crippen LogP contribution is -2.37. The van der Waals surface area contributed by atoms with E-state index in [-0.39, 0.29) is 119 Å². The second-order valence-electron chi connectivity index (χ2n) is 12.6. The standard InChI is InChI=1S/C42H51N3O13/c1-49-33-15-30(46)27(36(52-4)39(33)55-7)18-43-22-42(25-58-21-26-13-11-10-12-14-26,23-44-19-28-31(47)16-34(50-2)40(56-8)37(28)53-5)24-45-20-29-32(48)17-35(51-3)41(57-9)38(29)54-6/h10-20,46-48H,21-25H2,1-9H3. The lowest BCUT2D eigenvalue weighted by Gasteiger charge is -2.29. The van der Waals surface area contributed by atoms with Gasteiger partial charge in [-0.2, -0.15) is 0 Å². The Kier molecular flexibility index (Phi) is 16.1. The van der Waals surface area contributed by atoms with Gasteiger partial charge in [-0.25, -0.2) is 0 Å². The molecule has 0 saturated carbocycles. The molecule has 4 rings (SSSR count). The van der Waals surface area contributed by atoms with Gasteiger partial charge in [-0.3, -0.25) is 15.0 Å². The Hall–Kier alpha value is -6.55. The number of phenols is 3. The Morgan fingerprint density at radius 2 is 0.793 bits per heavy atom. The zero-order chi connectivity index (χ0) is 42.2. The van der Waals surface area contributed by atoms with E-state index in [4.69, 9.17) is 62.3 Å². The summed E-state index contributed by atoms with van der Waals surface area (Å²) in [5.41, 5.74) is 0.659. The predicted octanol–water partition coefficient (Wildman–Crippen LogP) is 5.74. The summed E-state index contributed by atoms with van der Waals surface area (Å²) in [6.45, 7) is 0.457. The van der Waals surface area contributed by atoms with E-state index in [2.05, 4.69) is 0 Å². The molecule has 4 aromatic rings. The number of aliphatic imine (C=N–C) groups is 3. The largest absolute Gasteiger partial charge is 0.507 e. The van der Waals surface area contributed by atoms with Gasteiger partial charge in [0.2, 0.25) is 17.2 Å². The van der Waals surface area contributed by atoms with E-state index in [1.165, 1.54) is 101 Å². The number of methoxy groups -OCH3 is 9. The van der Waals surface area contributed by atoms with Crippen molar-refractivity contribution in [2.24, 2.45) is 20.4 Å². The molecule has 3 N–H and O–H groups in total. The van der Waals surface area contributed by atoms with Crippen LogP contribution in [0.3, 0.4) is 0 Å². The van der Waals surface area contributed by atoms with E-state index < -0.39 is 5.41 Å². The van der Waals surface area contributed by atoms with E-state index in [0.29, 0.717) is 0 Å². The molecule has 0 amide bonds. The fraction of sp³-hybridized carbons (Fsp3) is 0.357. The van der Waals surface area contributed by atoms with Gasteiger partial charge in [-0.05, 0) is 5.56 Å². The molecule has 0 fully saturated rings. The smallest absolute Gasteiger partial charge is 0.204 e. The lowest BCUT2D eigenvalue weighted by atomic mass is 9.88. The number of ether oxygens (including phenoxy) is 10. The molecular weight excluding hydrogens is 754 g/mol. The minimum Gasteiger partial charge on any atom is -0.507 e. The molecule has 0 spiro atoms. The van der Waals surface area contributed by atoms with E-state index in [1.807, 2.05) is 30.3 Å². The first-order valence-corrected chi connectivity index (χ1v) is 17.8. The van der Waals surface area contributed by atoms with Crippen molar-refractivity contribution in [1.82, 2.24) is 0 Å². The molecule has 0 bridgehead atoms. The first-order chi connectivity index (χ1) is 28.1. The molecule has 16 heteroatoms. The molecule has 0 aliphatic carbocycles. The zero-order valence-electron chi connectivity index (χ0n) is 34.2. The van der Waals surface area contributed by atoms with Crippen molar-refractivity contribution in [2.75, 3.05) is 90.2 Å². The van der Waals surface area contributed by atoms with Crippen LogP contribution in [-0.2, 0) is 11.3 Å². The maximum absolute atomic E-state index is 11.0. The molecule has 0 atom stereocenters. The number of benzene rings is 4. The van der Waals surface area contributed by atoms with Crippen molar-refractivity contribution in [1.29, 1.82) is 0 Å². The van der Waals surface area contributed by atoms with Crippen molar-refractivity contribution < 1.29 is 62.7 Å². The van der Waals surface area contributed by atoms with Crippen LogP contribution in [0.15, 0.2) is 63.5 Å². The van der Waals surface area contributed by atoms with Gasteiger partial charge in [0, 0.05) is 36.8 Å². The number of hydrogen-bond acceptors (Lipinski definition) is 16. The Balaban J connectivity index is 1.86. The number of hydrogen-bond donors (Lipinski definition) is 3. The van der Waals surface area contributed by atoms with Gasteiger partial charge in [0.05, 0.1) is 119 Å². The van der Waals surface area contributed by atoms with Crippen LogP contribution in [0.5, 0.6) is 69.0 Å². The highest BCUT2D eigenvalue weighted by Crippen LogP contribution is 2.46. The normalized spacial score (nSPS) is 12.4. The highest BCUT2D eigenvalue weighted by molar-refractivity contribution is 5.91. The molecule has 0 heterocycles. The van der Waals surface area contributed by atoms with Crippen LogP contribution in [0.2, 0.25) is 0 Å². The monoisotopic (exact) mass is 805 g/mol. The summed E-state index contributed by atoms with van der Waals surface area (Å²) < 4.78 is 55.9. The number of aromatic hydroxyl groups is 3. The highest BCUT2D eigenvalue weighted by Gasteiger charge is 2.32. The lowest BCUT2D eigenvalue weighted by molar-refractivity contribution is 0.0466. The average Bonchev–Trinajstić information content (AvgIpc) is 3.24. The Labute approximate surface area is 337 Å². The van der Waals surface area contributed by atoms with Gasteiger partial charge in [-0.1, -0.05) is 30.3 Å². The minimum atomic E-state index is -1.00. The summed E-state index contributed by atoms with van der Waals surface area (Å²) in [5.74, 6) is 1.74. The van der Waals surface area contributed by atoms with Gasteiger partial charge in [0.15, 0.2) is 34.5 Å². The first-order valence-electron chi connectivity index (χ1n) is 17.8. The van der Waals surface area contributed by atoms with Crippen molar-refractivity contribution >= 4 is 18.6 Å². The van der Waals surface area contributed by atoms with Gasteiger partial charge >= 0.3 is 0 Å². The summed E-state index contributed by atoms with van der Waals surface area (Å²) in [6, 6.07) is 13.8. The van der Waals surface area contributed by atoms with Gasteiger partial charge < -0.3 is 62.7 Å². The molecule has 0 aromatic heterocycles. The summed E-state index contributed by atoms with van der Waals surface area (Å²) in [6.07, 6.45) is 4.38. The summed E-state index contributed by atoms with van der Waals surface area (Å²) in [4.78, 5) is 14.4. The summed E-state index contributed by atoms with van der Waals surface area (Å²) in [5, 5.41) is 33.0. The topological polar surface area (TPSA) is 190 Å². The molecular formula is C42H51N3O13. The van der Waals surface area contributed by atoms with E-state index in [1.54, 1.807) is 0 Å². The molecule has 0 saturated heterocycles. The zero-order valence-corrected chi connectivity index (χ0v) is 34.2. The van der Waals surface area contributed by atoms with E-state index in [9.17, 15) is 15.3 Å². The van der Waals surface area contributed by atoms with E-state index >= 15 is 0 Å². The SMILES string of the molecule is COc1cc(O)c(C=NCC(CN=Cc2c(O)cc(OC)c(OC)c2OC)(CN=Cc2c(O)cc(OC)c(OC)c2OC)COCc2ccccc2)c(OC)c1OC.